The van der Waals surface area contributed by atoms with Gasteiger partial charge in [0.15, 0.2) is 6.61 Å². The van der Waals surface area contributed by atoms with E-state index in [1.54, 1.807) is 0 Å². The number of hydrogen-bond donors (Lipinski definition) is 1. The molecule has 156 valence electrons. The fraction of sp³-hybridized carbons (Fsp3) is 0.522. The number of aromatic nitrogens is 1. The molecule has 3 rings (SSSR count). The van der Waals surface area contributed by atoms with Crippen molar-refractivity contribution in [3.8, 4) is 0 Å². The largest absolute Gasteiger partial charge is 0.452 e. The van der Waals surface area contributed by atoms with E-state index in [4.69, 9.17) is 14.5 Å². The summed E-state index contributed by atoms with van der Waals surface area (Å²) in [5.74, 6) is -0.260. The molecule has 1 aromatic carbocycles. The number of rotatable bonds is 8. The van der Waals surface area contributed by atoms with Crippen molar-refractivity contribution in [3.63, 3.8) is 0 Å². The van der Waals surface area contributed by atoms with Crippen LogP contribution in [0.25, 0.3) is 10.9 Å². The Labute approximate surface area is 172 Å². The average Bonchev–Trinajstić information content (AvgIpc) is 2.69. The molecule has 6 heteroatoms. The molecule has 2 aromatic rings. The summed E-state index contributed by atoms with van der Waals surface area (Å²) >= 11 is 0. The number of hydrogen-bond acceptors (Lipinski definition) is 5. The zero-order chi connectivity index (χ0) is 20.8. The summed E-state index contributed by atoms with van der Waals surface area (Å²) in [6.45, 7) is 6.93. The molecule has 1 aromatic heterocycles. The van der Waals surface area contributed by atoms with Gasteiger partial charge in [0.25, 0.3) is 5.91 Å². The number of carbonyl (C=O) groups excluding carboxylic acids is 2. The highest BCUT2D eigenvalue weighted by Gasteiger charge is 2.26. The lowest BCUT2D eigenvalue weighted by Crippen LogP contribution is -2.30. The van der Waals surface area contributed by atoms with Crippen molar-refractivity contribution in [2.75, 3.05) is 19.8 Å². The van der Waals surface area contributed by atoms with E-state index in [1.807, 2.05) is 38.1 Å². The first-order chi connectivity index (χ1) is 14.0. The Balaban J connectivity index is 1.66. The van der Waals surface area contributed by atoms with Crippen molar-refractivity contribution in [2.24, 2.45) is 5.92 Å². The predicted octanol–water partition coefficient (Wildman–Crippen LogP) is 3.45. The van der Waals surface area contributed by atoms with E-state index in [0.29, 0.717) is 24.6 Å². The third-order valence-corrected chi connectivity index (χ3v) is 5.14. The summed E-state index contributed by atoms with van der Waals surface area (Å²) in [4.78, 5) is 29.7. The van der Waals surface area contributed by atoms with E-state index in [2.05, 4.69) is 12.2 Å². The summed E-state index contributed by atoms with van der Waals surface area (Å²) in [6.07, 6.45) is 3.63. The molecule has 0 unspecified atom stereocenters. The molecule has 0 bridgehead atoms. The minimum Gasteiger partial charge on any atom is -0.452 e. The first-order valence-electron chi connectivity index (χ1n) is 10.4. The standard InChI is InChI=1S/C23H30N2O4/c1-15(2)28-12-6-11-24-21(26)14-29-23(27)22-17-7-4-5-8-19(17)25-20-10-9-16(3)13-18(20)22/h4-5,7-8,15-16H,6,9-14H2,1-3H3,(H,24,26)/t16-/m0/s1. The van der Waals surface area contributed by atoms with Gasteiger partial charge in [-0.05, 0) is 57.1 Å². The van der Waals surface area contributed by atoms with E-state index in [0.717, 1.165) is 47.8 Å². The molecule has 1 aliphatic carbocycles. The minimum atomic E-state index is -0.452. The number of nitrogens with zero attached hydrogens (tertiary/aromatic N) is 1. The topological polar surface area (TPSA) is 77.5 Å². The SMILES string of the molecule is CC(C)OCCCNC(=O)COC(=O)c1c2c(nc3ccccc13)CC[C@H](C)C2. The highest BCUT2D eigenvalue weighted by molar-refractivity contribution is 6.05. The van der Waals surface area contributed by atoms with Gasteiger partial charge >= 0.3 is 5.97 Å². The van der Waals surface area contributed by atoms with Crippen LogP contribution in [0.15, 0.2) is 24.3 Å². The number of nitrogens with one attached hydrogen (secondary N) is 1. The zero-order valence-electron chi connectivity index (χ0n) is 17.5. The quantitative estimate of drug-likeness (QED) is 0.544. The van der Waals surface area contributed by atoms with Gasteiger partial charge in [-0.15, -0.1) is 0 Å². The van der Waals surface area contributed by atoms with Gasteiger partial charge < -0.3 is 14.8 Å². The number of fused-ring (bicyclic) bond motifs is 2. The van der Waals surface area contributed by atoms with Crippen molar-refractivity contribution in [1.82, 2.24) is 10.3 Å². The fourth-order valence-corrected chi connectivity index (χ4v) is 3.67. The van der Waals surface area contributed by atoms with Gasteiger partial charge in [-0.25, -0.2) is 4.79 Å². The number of amides is 1. The van der Waals surface area contributed by atoms with Crippen molar-refractivity contribution in [2.45, 2.75) is 52.6 Å². The summed E-state index contributed by atoms with van der Waals surface area (Å²) in [7, 11) is 0. The molecule has 1 atom stereocenters. The van der Waals surface area contributed by atoms with Crippen LogP contribution in [0, 0.1) is 5.92 Å². The van der Waals surface area contributed by atoms with Crippen LogP contribution in [0.1, 0.15) is 55.2 Å². The maximum Gasteiger partial charge on any atom is 0.339 e. The summed E-state index contributed by atoms with van der Waals surface area (Å²) in [6, 6.07) is 7.62. The number of aryl methyl sites for hydroxylation is 1. The molecule has 0 saturated heterocycles. The lowest BCUT2D eigenvalue weighted by Gasteiger charge is -2.24. The Bertz CT molecular complexity index is 879. The van der Waals surface area contributed by atoms with Gasteiger partial charge in [0.05, 0.1) is 17.2 Å². The molecule has 1 N–H and O–H groups in total. The van der Waals surface area contributed by atoms with Crippen molar-refractivity contribution < 1.29 is 19.1 Å². The summed E-state index contributed by atoms with van der Waals surface area (Å²) in [5.41, 5.74) is 3.31. The number of carbonyl (C=O) groups is 2. The maximum atomic E-state index is 12.9. The molecule has 29 heavy (non-hydrogen) atoms. The molecule has 0 aliphatic heterocycles. The molecule has 0 spiro atoms. The van der Waals surface area contributed by atoms with Gasteiger partial charge in [-0.2, -0.15) is 0 Å². The summed E-state index contributed by atoms with van der Waals surface area (Å²) < 4.78 is 10.8. The van der Waals surface area contributed by atoms with E-state index >= 15 is 0 Å². The number of benzene rings is 1. The van der Waals surface area contributed by atoms with Crippen molar-refractivity contribution in [3.05, 3.63) is 41.1 Å². The van der Waals surface area contributed by atoms with Crippen LogP contribution in [0.3, 0.4) is 0 Å². The Morgan fingerprint density at radius 2 is 2.07 bits per heavy atom. The second-order valence-corrected chi connectivity index (χ2v) is 7.98. The highest BCUT2D eigenvalue weighted by atomic mass is 16.5. The van der Waals surface area contributed by atoms with Crippen LogP contribution >= 0.6 is 0 Å². The van der Waals surface area contributed by atoms with Crippen LogP contribution < -0.4 is 5.32 Å². The van der Waals surface area contributed by atoms with Crippen molar-refractivity contribution in [1.29, 1.82) is 0 Å². The number of para-hydroxylation sites is 1. The molecule has 0 fully saturated rings. The van der Waals surface area contributed by atoms with E-state index < -0.39 is 5.97 Å². The molecule has 1 amide bonds. The molecule has 0 saturated carbocycles. The Morgan fingerprint density at radius 1 is 1.28 bits per heavy atom. The van der Waals surface area contributed by atoms with Gasteiger partial charge in [0, 0.05) is 24.2 Å². The fourth-order valence-electron chi connectivity index (χ4n) is 3.67. The first-order valence-corrected chi connectivity index (χ1v) is 10.4. The third kappa shape index (κ3) is 5.54. The van der Waals surface area contributed by atoms with E-state index in [1.165, 1.54) is 0 Å². The molecular weight excluding hydrogens is 368 g/mol. The monoisotopic (exact) mass is 398 g/mol. The number of pyridine rings is 1. The van der Waals surface area contributed by atoms with E-state index in [-0.39, 0.29) is 18.6 Å². The highest BCUT2D eigenvalue weighted by Crippen LogP contribution is 2.31. The Hall–Kier alpha value is -2.47. The normalized spacial score (nSPS) is 15.9. The summed E-state index contributed by atoms with van der Waals surface area (Å²) in [5, 5.41) is 3.55. The van der Waals surface area contributed by atoms with Crippen LogP contribution in [-0.4, -0.2) is 42.7 Å². The first kappa shape index (κ1) is 21.2. The molecule has 0 radical (unpaired) electrons. The smallest absolute Gasteiger partial charge is 0.339 e. The van der Waals surface area contributed by atoms with Crippen LogP contribution in [-0.2, 0) is 27.1 Å². The minimum absolute atomic E-state index is 0.176. The average molecular weight is 399 g/mol. The zero-order valence-corrected chi connectivity index (χ0v) is 17.5. The lowest BCUT2D eigenvalue weighted by molar-refractivity contribution is -0.124. The Morgan fingerprint density at radius 3 is 2.86 bits per heavy atom. The molecule has 6 nitrogen and oxygen atoms in total. The Kier molecular flexibility index (Phi) is 7.20. The van der Waals surface area contributed by atoms with Crippen LogP contribution in [0.2, 0.25) is 0 Å². The van der Waals surface area contributed by atoms with Crippen molar-refractivity contribution >= 4 is 22.8 Å². The van der Waals surface area contributed by atoms with Crippen LogP contribution in [0.5, 0.6) is 0 Å². The maximum absolute atomic E-state index is 12.9. The molecular formula is C23H30N2O4. The third-order valence-electron chi connectivity index (χ3n) is 5.14. The van der Waals surface area contributed by atoms with Gasteiger partial charge in [-0.3, -0.25) is 9.78 Å². The van der Waals surface area contributed by atoms with Gasteiger partial charge in [0.1, 0.15) is 0 Å². The van der Waals surface area contributed by atoms with Gasteiger partial charge in [0.2, 0.25) is 0 Å². The second-order valence-electron chi connectivity index (χ2n) is 7.98. The lowest BCUT2D eigenvalue weighted by atomic mass is 9.84. The van der Waals surface area contributed by atoms with Gasteiger partial charge in [-0.1, -0.05) is 25.1 Å². The van der Waals surface area contributed by atoms with E-state index in [9.17, 15) is 9.59 Å². The molecule has 1 aliphatic rings. The second kappa shape index (κ2) is 9.83. The van der Waals surface area contributed by atoms with Crippen LogP contribution in [0.4, 0.5) is 0 Å². The number of ether oxygens (including phenoxy) is 2. The predicted molar refractivity (Wildman–Crippen MR) is 112 cm³/mol. The molecule has 1 heterocycles. The number of esters is 1.